The van der Waals surface area contributed by atoms with Gasteiger partial charge < -0.3 is 14.6 Å². The molecule has 0 saturated heterocycles. The molecule has 0 bridgehead atoms. The summed E-state index contributed by atoms with van der Waals surface area (Å²) in [6.45, 7) is 2.51. The maximum atomic E-state index is 10.4. The van der Waals surface area contributed by atoms with E-state index in [0.29, 0.717) is 0 Å². The zero-order valence-electron chi connectivity index (χ0n) is 18.0. The molecular weight excluding hydrogens is 336 g/mol. The highest BCUT2D eigenvalue weighted by Crippen LogP contribution is 2.17. The summed E-state index contributed by atoms with van der Waals surface area (Å²) in [4.78, 5) is 0. The summed E-state index contributed by atoms with van der Waals surface area (Å²) < 4.78 is 10.7. The number of unbranched alkanes of at least 4 members (excludes halogenated alkanes) is 10. The quantitative estimate of drug-likeness (QED) is 0.115. The van der Waals surface area contributed by atoms with Crippen molar-refractivity contribution in [3.63, 3.8) is 0 Å². The number of methoxy groups -OCH3 is 1. The molecule has 0 aliphatic heterocycles. The standard InChI is InChI=1S/C24H44O3/c1-4-6-8-10-12-13-14-15-17-19-21-24(27-22-26-3)23(25)20-18-16-11-9-7-5-2/h2,11,16,23-25H,4,6-10,12-15,17-22H2,1,3H3/b16-11-/t23-,24-/m0/s1. The second-order valence-corrected chi connectivity index (χ2v) is 7.44. The van der Waals surface area contributed by atoms with Gasteiger partial charge in [0.2, 0.25) is 0 Å². The first-order valence-corrected chi connectivity index (χ1v) is 11.1. The lowest BCUT2D eigenvalue weighted by Gasteiger charge is -2.22. The topological polar surface area (TPSA) is 38.7 Å². The molecule has 158 valence electrons. The lowest BCUT2D eigenvalue weighted by molar-refractivity contribution is -0.116. The molecule has 0 aromatic carbocycles. The van der Waals surface area contributed by atoms with Crippen LogP contribution in [-0.4, -0.2) is 31.2 Å². The van der Waals surface area contributed by atoms with Crippen molar-refractivity contribution in [1.82, 2.24) is 0 Å². The summed E-state index contributed by atoms with van der Waals surface area (Å²) in [5, 5.41) is 10.4. The first-order chi connectivity index (χ1) is 13.3. The predicted octanol–water partition coefficient (Wildman–Crippen LogP) is 6.40. The molecule has 0 radical (unpaired) electrons. The second kappa shape index (κ2) is 21.5. The maximum absolute atomic E-state index is 10.4. The number of allylic oxidation sites excluding steroid dienone is 2. The molecule has 2 atom stereocenters. The van der Waals surface area contributed by atoms with Crippen LogP contribution in [0.2, 0.25) is 0 Å². The van der Waals surface area contributed by atoms with E-state index in [1.54, 1.807) is 7.11 Å². The number of terminal acetylenes is 1. The fourth-order valence-electron chi connectivity index (χ4n) is 3.23. The summed E-state index contributed by atoms with van der Waals surface area (Å²) in [6, 6.07) is 0. The largest absolute Gasteiger partial charge is 0.390 e. The highest BCUT2D eigenvalue weighted by molar-refractivity contribution is 4.90. The molecule has 0 saturated carbocycles. The molecule has 3 nitrogen and oxygen atoms in total. The van der Waals surface area contributed by atoms with Crippen LogP contribution in [0.15, 0.2) is 12.2 Å². The van der Waals surface area contributed by atoms with Crippen molar-refractivity contribution in [2.75, 3.05) is 13.9 Å². The van der Waals surface area contributed by atoms with Gasteiger partial charge in [0.15, 0.2) is 0 Å². The molecule has 1 N–H and O–H groups in total. The average molecular weight is 381 g/mol. The Morgan fingerprint density at radius 2 is 1.48 bits per heavy atom. The molecule has 0 fully saturated rings. The molecule has 0 aromatic heterocycles. The number of hydrogen-bond acceptors (Lipinski definition) is 3. The van der Waals surface area contributed by atoms with Gasteiger partial charge in [-0.3, -0.25) is 0 Å². The van der Waals surface area contributed by atoms with Crippen LogP contribution in [0.5, 0.6) is 0 Å². The Balaban J connectivity index is 3.82. The third kappa shape index (κ3) is 18.3. The van der Waals surface area contributed by atoms with Crippen LogP contribution in [0.4, 0.5) is 0 Å². The monoisotopic (exact) mass is 380 g/mol. The lowest BCUT2D eigenvalue weighted by Crippen LogP contribution is -2.29. The van der Waals surface area contributed by atoms with Gasteiger partial charge in [-0.25, -0.2) is 0 Å². The molecule has 0 aliphatic rings. The fraction of sp³-hybridized carbons (Fsp3) is 0.833. The summed E-state index contributed by atoms with van der Waals surface area (Å²) in [5.41, 5.74) is 0. The number of aliphatic hydroxyl groups is 1. The van der Waals surface area contributed by atoms with E-state index in [2.05, 4.69) is 25.0 Å². The molecular formula is C24H44O3. The van der Waals surface area contributed by atoms with Crippen molar-refractivity contribution in [1.29, 1.82) is 0 Å². The number of ether oxygens (including phenoxy) is 2. The molecule has 0 unspecified atom stereocenters. The smallest absolute Gasteiger partial charge is 0.146 e. The van der Waals surface area contributed by atoms with Gasteiger partial charge >= 0.3 is 0 Å². The van der Waals surface area contributed by atoms with Crippen LogP contribution in [-0.2, 0) is 9.47 Å². The van der Waals surface area contributed by atoms with Crippen LogP contribution in [0.1, 0.15) is 103 Å². The van der Waals surface area contributed by atoms with E-state index < -0.39 is 6.10 Å². The Bertz CT molecular complexity index is 359. The highest BCUT2D eigenvalue weighted by Gasteiger charge is 2.18. The van der Waals surface area contributed by atoms with E-state index >= 15 is 0 Å². The van der Waals surface area contributed by atoms with Gasteiger partial charge in [0.25, 0.3) is 0 Å². The van der Waals surface area contributed by atoms with E-state index in [0.717, 1.165) is 38.5 Å². The van der Waals surface area contributed by atoms with E-state index in [1.165, 1.54) is 57.8 Å². The number of hydrogen-bond donors (Lipinski definition) is 1. The second-order valence-electron chi connectivity index (χ2n) is 7.44. The Morgan fingerprint density at radius 3 is 2.07 bits per heavy atom. The van der Waals surface area contributed by atoms with Crippen LogP contribution in [0, 0.1) is 12.3 Å². The van der Waals surface area contributed by atoms with Crippen molar-refractivity contribution in [3.8, 4) is 12.3 Å². The highest BCUT2D eigenvalue weighted by atomic mass is 16.7. The number of aliphatic hydroxyl groups excluding tert-OH is 1. The molecule has 0 aliphatic carbocycles. The minimum absolute atomic E-state index is 0.127. The van der Waals surface area contributed by atoms with Gasteiger partial charge in [-0.05, 0) is 25.7 Å². The SMILES string of the molecule is C#CCC/C=C\CC[C@H](O)[C@H](CCCCCCCCCCCC)OCOC. The molecule has 27 heavy (non-hydrogen) atoms. The van der Waals surface area contributed by atoms with E-state index in [4.69, 9.17) is 15.9 Å². The lowest BCUT2D eigenvalue weighted by atomic mass is 10.0. The molecule has 3 heteroatoms. The van der Waals surface area contributed by atoms with Crippen molar-refractivity contribution in [2.24, 2.45) is 0 Å². The van der Waals surface area contributed by atoms with Gasteiger partial charge in [0.1, 0.15) is 6.79 Å². The minimum atomic E-state index is -0.434. The Kier molecular flexibility index (Phi) is 20.8. The molecule has 0 heterocycles. The van der Waals surface area contributed by atoms with Gasteiger partial charge in [-0.2, -0.15) is 0 Å². The zero-order valence-corrected chi connectivity index (χ0v) is 18.0. The average Bonchev–Trinajstić information content (AvgIpc) is 2.68. The van der Waals surface area contributed by atoms with Gasteiger partial charge in [0, 0.05) is 13.5 Å². The molecule has 0 spiro atoms. The van der Waals surface area contributed by atoms with E-state index in [1.807, 2.05) is 0 Å². The normalized spacial score (nSPS) is 13.7. The Morgan fingerprint density at radius 1 is 0.889 bits per heavy atom. The summed E-state index contributed by atoms with van der Waals surface area (Å²) in [7, 11) is 1.62. The van der Waals surface area contributed by atoms with Gasteiger partial charge in [-0.1, -0.05) is 83.3 Å². The van der Waals surface area contributed by atoms with Crippen LogP contribution in [0.3, 0.4) is 0 Å². The molecule has 0 aromatic rings. The first-order valence-electron chi connectivity index (χ1n) is 11.1. The number of rotatable bonds is 20. The van der Waals surface area contributed by atoms with E-state index in [9.17, 15) is 5.11 Å². The first kappa shape index (κ1) is 26.2. The van der Waals surface area contributed by atoms with Crippen molar-refractivity contribution >= 4 is 0 Å². The minimum Gasteiger partial charge on any atom is -0.390 e. The van der Waals surface area contributed by atoms with Crippen molar-refractivity contribution in [2.45, 2.75) is 115 Å². The third-order valence-electron chi connectivity index (χ3n) is 4.92. The van der Waals surface area contributed by atoms with Crippen molar-refractivity contribution < 1.29 is 14.6 Å². The predicted molar refractivity (Wildman–Crippen MR) is 116 cm³/mol. The van der Waals surface area contributed by atoms with Gasteiger partial charge in [-0.15, -0.1) is 12.3 Å². The van der Waals surface area contributed by atoms with Crippen LogP contribution < -0.4 is 0 Å². The third-order valence-corrected chi connectivity index (χ3v) is 4.92. The molecule has 0 rings (SSSR count). The van der Waals surface area contributed by atoms with Crippen molar-refractivity contribution in [3.05, 3.63) is 12.2 Å². The Labute approximate surface area is 168 Å². The summed E-state index contributed by atoms with van der Waals surface area (Å²) in [6.07, 6.45) is 26.2. The van der Waals surface area contributed by atoms with E-state index in [-0.39, 0.29) is 12.9 Å². The summed E-state index contributed by atoms with van der Waals surface area (Å²) in [5.74, 6) is 2.63. The summed E-state index contributed by atoms with van der Waals surface area (Å²) >= 11 is 0. The maximum Gasteiger partial charge on any atom is 0.146 e. The fourth-order valence-corrected chi connectivity index (χ4v) is 3.23. The Hall–Kier alpha value is -0.820. The van der Waals surface area contributed by atoms with Crippen LogP contribution in [0.25, 0.3) is 0 Å². The molecule has 0 amide bonds. The van der Waals surface area contributed by atoms with Gasteiger partial charge in [0.05, 0.1) is 12.2 Å². The zero-order chi connectivity index (χ0) is 20.0. The van der Waals surface area contributed by atoms with Crippen LogP contribution >= 0.6 is 0 Å².